The molecule has 0 aliphatic heterocycles. The molecule has 8 heteroatoms. The second-order valence-corrected chi connectivity index (χ2v) is 8.36. The van der Waals surface area contributed by atoms with Crippen LogP contribution in [0.3, 0.4) is 0 Å². The fraction of sp³-hybridized carbons (Fsp3) is 0.143. The minimum absolute atomic E-state index is 0.259. The molecule has 4 aromatic rings. The number of amides is 1. The number of hydrogen-bond acceptors (Lipinski definition) is 4. The maximum atomic E-state index is 12.9. The molecule has 0 atom stereocenters. The van der Waals surface area contributed by atoms with Gasteiger partial charge in [0.1, 0.15) is 11.4 Å². The van der Waals surface area contributed by atoms with Gasteiger partial charge in [-0.25, -0.2) is 0 Å². The molecule has 1 amide bonds. The minimum atomic E-state index is -4.46. The highest BCUT2D eigenvalue weighted by Gasteiger charge is 2.30. The molecule has 1 N–H and O–H groups in total. The molecule has 182 valence electrons. The van der Waals surface area contributed by atoms with Crippen LogP contribution in [0.5, 0.6) is 5.75 Å². The fourth-order valence-electron chi connectivity index (χ4n) is 4.32. The van der Waals surface area contributed by atoms with Crippen molar-refractivity contribution in [1.82, 2.24) is 5.16 Å². The SMILES string of the molecule is COc1ccc(-c2onc3c2CCc2ccccc2-3)cc1NC(=O)/C=C/c1cccc(C(F)(F)F)c1. The highest BCUT2D eigenvalue weighted by atomic mass is 19.4. The smallest absolute Gasteiger partial charge is 0.416 e. The van der Waals surface area contributed by atoms with Crippen molar-refractivity contribution in [3.63, 3.8) is 0 Å². The van der Waals surface area contributed by atoms with Crippen molar-refractivity contribution in [3.05, 3.63) is 95.1 Å². The Morgan fingerprint density at radius 3 is 2.69 bits per heavy atom. The first-order valence-electron chi connectivity index (χ1n) is 11.2. The van der Waals surface area contributed by atoms with E-state index in [0.29, 0.717) is 17.2 Å². The number of halogens is 3. The van der Waals surface area contributed by atoms with Crippen molar-refractivity contribution in [2.75, 3.05) is 12.4 Å². The van der Waals surface area contributed by atoms with Crippen molar-refractivity contribution in [1.29, 1.82) is 0 Å². The van der Waals surface area contributed by atoms with Crippen LogP contribution in [0, 0.1) is 0 Å². The highest BCUT2D eigenvalue weighted by molar-refractivity contribution is 6.03. The van der Waals surface area contributed by atoms with Gasteiger partial charge in [0, 0.05) is 22.8 Å². The number of aryl methyl sites for hydroxylation is 1. The van der Waals surface area contributed by atoms with E-state index >= 15 is 0 Å². The molecule has 1 aliphatic rings. The van der Waals surface area contributed by atoms with E-state index in [-0.39, 0.29) is 5.56 Å². The van der Waals surface area contributed by atoms with Crippen LogP contribution in [0.25, 0.3) is 28.7 Å². The lowest BCUT2D eigenvalue weighted by atomic mass is 9.88. The molecule has 36 heavy (non-hydrogen) atoms. The third kappa shape index (κ3) is 4.62. The molecule has 1 heterocycles. The molecule has 5 nitrogen and oxygen atoms in total. The summed E-state index contributed by atoms with van der Waals surface area (Å²) in [5.41, 5.74) is 4.69. The van der Waals surface area contributed by atoms with E-state index in [9.17, 15) is 18.0 Å². The molecule has 0 saturated heterocycles. The van der Waals surface area contributed by atoms with Crippen molar-refractivity contribution in [2.24, 2.45) is 0 Å². The zero-order valence-corrected chi connectivity index (χ0v) is 19.2. The van der Waals surface area contributed by atoms with Crippen LogP contribution < -0.4 is 10.1 Å². The van der Waals surface area contributed by atoms with Gasteiger partial charge in [0.15, 0.2) is 5.76 Å². The lowest BCUT2D eigenvalue weighted by molar-refractivity contribution is -0.137. The first-order valence-corrected chi connectivity index (χ1v) is 11.2. The number of anilines is 1. The highest BCUT2D eigenvalue weighted by Crippen LogP contribution is 2.40. The van der Waals surface area contributed by atoms with Crippen LogP contribution >= 0.6 is 0 Å². The summed E-state index contributed by atoms with van der Waals surface area (Å²) in [6.45, 7) is 0. The van der Waals surface area contributed by atoms with Crippen LogP contribution in [0.15, 0.2) is 77.3 Å². The van der Waals surface area contributed by atoms with Gasteiger partial charge in [0.25, 0.3) is 0 Å². The van der Waals surface area contributed by atoms with Gasteiger partial charge >= 0.3 is 6.18 Å². The maximum absolute atomic E-state index is 12.9. The predicted octanol–water partition coefficient (Wildman–Crippen LogP) is 6.79. The van der Waals surface area contributed by atoms with Crippen LogP contribution in [-0.2, 0) is 23.8 Å². The molecule has 5 rings (SSSR count). The monoisotopic (exact) mass is 490 g/mol. The van der Waals surface area contributed by atoms with E-state index in [2.05, 4.69) is 16.5 Å². The van der Waals surface area contributed by atoms with E-state index in [0.717, 1.165) is 47.4 Å². The quantitative estimate of drug-likeness (QED) is 0.313. The molecular formula is C28H21F3N2O3. The van der Waals surface area contributed by atoms with Gasteiger partial charge in [0.2, 0.25) is 5.91 Å². The Kier molecular flexibility index (Phi) is 6.10. The van der Waals surface area contributed by atoms with Crippen LogP contribution in [0.1, 0.15) is 22.3 Å². The summed E-state index contributed by atoms with van der Waals surface area (Å²) in [5, 5.41) is 7.05. The average molecular weight is 490 g/mol. The number of ether oxygens (including phenoxy) is 1. The molecule has 0 bridgehead atoms. The van der Waals surface area contributed by atoms with Crippen molar-refractivity contribution in [2.45, 2.75) is 19.0 Å². The van der Waals surface area contributed by atoms with Gasteiger partial charge in [-0.3, -0.25) is 4.79 Å². The molecule has 0 spiro atoms. The summed E-state index contributed by atoms with van der Waals surface area (Å²) in [6, 6.07) is 18.1. The van der Waals surface area contributed by atoms with E-state index in [4.69, 9.17) is 9.26 Å². The van der Waals surface area contributed by atoms with E-state index in [1.807, 2.05) is 24.3 Å². The Bertz CT molecular complexity index is 1470. The van der Waals surface area contributed by atoms with Crippen molar-refractivity contribution < 1.29 is 27.2 Å². The number of rotatable bonds is 5. The third-order valence-electron chi connectivity index (χ3n) is 6.07. The minimum Gasteiger partial charge on any atom is -0.495 e. The molecule has 1 aromatic heterocycles. The Morgan fingerprint density at radius 2 is 1.89 bits per heavy atom. The lowest BCUT2D eigenvalue weighted by Gasteiger charge is -2.15. The molecule has 3 aromatic carbocycles. The van der Waals surface area contributed by atoms with E-state index in [1.54, 1.807) is 12.1 Å². The molecule has 1 aliphatic carbocycles. The van der Waals surface area contributed by atoms with Crippen molar-refractivity contribution >= 4 is 17.7 Å². The Balaban J connectivity index is 1.40. The number of fused-ring (bicyclic) bond motifs is 3. The number of carbonyl (C=O) groups excluding carboxylic acids is 1. The van der Waals surface area contributed by atoms with Gasteiger partial charge in [-0.1, -0.05) is 41.6 Å². The van der Waals surface area contributed by atoms with Gasteiger partial charge in [-0.15, -0.1) is 0 Å². The number of carbonyl (C=O) groups is 1. The van der Waals surface area contributed by atoms with E-state index in [1.165, 1.54) is 37.0 Å². The van der Waals surface area contributed by atoms with Gasteiger partial charge < -0.3 is 14.6 Å². The second-order valence-electron chi connectivity index (χ2n) is 8.36. The lowest BCUT2D eigenvalue weighted by Crippen LogP contribution is -2.09. The second kappa shape index (κ2) is 9.37. The topological polar surface area (TPSA) is 64.4 Å². The molecule has 0 saturated carbocycles. The number of hydrogen-bond donors (Lipinski definition) is 1. The predicted molar refractivity (Wildman–Crippen MR) is 130 cm³/mol. The van der Waals surface area contributed by atoms with Gasteiger partial charge in [-0.05, 0) is 60.4 Å². The van der Waals surface area contributed by atoms with Crippen LogP contribution in [0.2, 0.25) is 0 Å². The van der Waals surface area contributed by atoms with Crippen LogP contribution in [0.4, 0.5) is 18.9 Å². The number of nitrogens with one attached hydrogen (secondary N) is 1. The average Bonchev–Trinajstić information content (AvgIpc) is 3.32. The summed E-state index contributed by atoms with van der Waals surface area (Å²) >= 11 is 0. The first-order chi connectivity index (χ1) is 17.3. The molecule has 0 fully saturated rings. The summed E-state index contributed by atoms with van der Waals surface area (Å²) < 4.78 is 49.9. The van der Waals surface area contributed by atoms with Gasteiger partial charge in [0.05, 0.1) is 18.4 Å². The first kappa shape index (κ1) is 23.4. The van der Waals surface area contributed by atoms with Crippen molar-refractivity contribution in [3.8, 4) is 28.3 Å². The molecule has 0 radical (unpaired) electrons. The summed E-state index contributed by atoms with van der Waals surface area (Å²) in [4.78, 5) is 12.6. The number of benzene rings is 3. The molecular weight excluding hydrogens is 469 g/mol. The van der Waals surface area contributed by atoms with Gasteiger partial charge in [-0.2, -0.15) is 13.2 Å². The summed E-state index contributed by atoms with van der Waals surface area (Å²) in [5.74, 6) is 0.534. The summed E-state index contributed by atoms with van der Waals surface area (Å²) in [6.07, 6.45) is -0.308. The zero-order valence-electron chi connectivity index (χ0n) is 19.2. The molecule has 0 unspecified atom stereocenters. The normalized spacial score (nSPS) is 12.8. The summed E-state index contributed by atoms with van der Waals surface area (Å²) in [7, 11) is 1.48. The standard InChI is InChI=1S/C28H21F3N2O3/c1-35-24-13-11-19(27-22-12-10-18-6-2-3-8-21(18)26(22)33-36-27)16-23(24)32-25(34)14-9-17-5-4-7-20(15-17)28(29,30)31/h2-9,11,13-16H,10,12H2,1H3,(H,32,34)/b14-9+. The fourth-order valence-corrected chi connectivity index (χ4v) is 4.32. The number of methoxy groups -OCH3 is 1. The number of alkyl halides is 3. The number of nitrogens with zero attached hydrogens (tertiary/aromatic N) is 1. The zero-order chi connectivity index (χ0) is 25.3. The Hall–Kier alpha value is -4.33. The third-order valence-corrected chi connectivity index (χ3v) is 6.07. The Labute approximate surface area is 205 Å². The van der Waals surface area contributed by atoms with E-state index < -0.39 is 17.6 Å². The number of aromatic nitrogens is 1. The largest absolute Gasteiger partial charge is 0.495 e. The maximum Gasteiger partial charge on any atom is 0.416 e. The van der Waals surface area contributed by atoms with Crippen LogP contribution in [-0.4, -0.2) is 18.2 Å². The Morgan fingerprint density at radius 1 is 1.06 bits per heavy atom.